The lowest BCUT2D eigenvalue weighted by Gasteiger charge is -2.14. The van der Waals surface area contributed by atoms with Crippen LogP contribution in [0.2, 0.25) is 0 Å². The van der Waals surface area contributed by atoms with Gasteiger partial charge in [-0.3, -0.25) is 23.3 Å². The molecule has 0 aliphatic rings. The molecule has 468 valence electrons. The average Bonchev–Trinajstić information content (AvgIpc) is 1.27. The number of hydrogen-bond donors (Lipinski definition) is 5. The number of halogens is 7. The van der Waals surface area contributed by atoms with Crippen LogP contribution in [-0.2, 0) is 26.5 Å². The molecule has 24 heteroatoms. The number of carbonyl (C=O) groups is 3. The van der Waals surface area contributed by atoms with Crippen molar-refractivity contribution in [1.29, 1.82) is 0 Å². The Morgan fingerprint density at radius 2 is 0.889 bits per heavy atom. The van der Waals surface area contributed by atoms with Crippen molar-refractivity contribution < 1.29 is 62.7 Å². The number of benzene rings is 8. The van der Waals surface area contributed by atoms with Crippen LogP contribution in [0.3, 0.4) is 0 Å². The maximum Gasteiger partial charge on any atom is 0.415 e. The molecule has 4 heterocycles. The zero-order valence-corrected chi connectivity index (χ0v) is 48.3. The number of anilines is 1. The van der Waals surface area contributed by atoms with Crippen LogP contribution in [0.25, 0.3) is 65.9 Å². The fraction of sp³-hybridized carbons (Fsp3) is 0.106. The summed E-state index contributed by atoms with van der Waals surface area (Å²) < 4.78 is 130. The highest BCUT2D eigenvalue weighted by atomic mass is 35.5. The predicted octanol–water partition coefficient (Wildman–Crippen LogP) is 16.3. The van der Waals surface area contributed by atoms with Crippen molar-refractivity contribution in [2.45, 2.75) is 43.4 Å². The van der Waals surface area contributed by atoms with Crippen molar-refractivity contribution in [3.8, 4) is 22.3 Å². The molecule has 0 atom stereocenters. The van der Waals surface area contributed by atoms with E-state index in [4.69, 9.17) is 22.4 Å². The van der Waals surface area contributed by atoms with Crippen LogP contribution < -0.4 is 15.2 Å². The third-order valence-electron chi connectivity index (χ3n) is 13.1. The molecule has 0 aliphatic heterocycles. The number of sulfonamides is 2. The molecular weight excluding hydrogens is 1230 g/mol. The standard InChI is InChI=1S/C24H19F3N2O3S.C14H13F3N2O2S.C9H6ClNO.C9H7NO2.C8H7N.2CH4/c25-24(26,27)16-28-33(31,32)20-10-11-21(17-6-2-1-3-7-17)19(14-20)15-23(30)29-13-12-18-8-4-5-9-22(18)29;15-14(16,17)9-19-22(20,21)11-6-7-12(13(18)8-11)10-4-2-1-3-5-10;10-9(12)11-6-5-7-3-1-2-4-8(7)11;11-9(12)10-6-5-7-3-1-2-4-8(7)10;1-2-4-8-7(3-1)5-6-9-8;;/h1-14,28H,15-16H2;1-8,19H,9,18H2;1-6H;1-6H,(H,11,12);1-6,9H;2*1H4. The number of carbonyl (C=O) groups excluding carboxylic acids is 2. The minimum Gasteiger partial charge on any atom is -0.464 e. The molecule has 0 radical (unpaired) electrons. The van der Waals surface area contributed by atoms with Gasteiger partial charge in [-0.05, 0) is 112 Å². The Labute approximate surface area is 519 Å². The Morgan fingerprint density at radius 1 is 0.489 bits per heavy atom. The topological polar surface area (TPSA) is 220 Å². The lowest BCUT2D eigenvalue weighted by molar-refractivity contribution is -0.122. The minimum absolute atomic E-state index is 0. The lowest BCUT2D eigenvalue weighted by Crippen LogP contribution is -2.33. The van der Waals surface area contributed by atoms with E-state index in [0.29, 0.717) is 22.2 Å². The van der Waals surface area contributed by atoms with Crippen LogP contribution in [0.1, 0.15) is 25.2 Å². The van der Waals surface area contributed by atoms with Crippen molar-refractivity contribution in [1.82, 2.24) is 28.1 Å². The smallest absolute Gasteiger partial charge is 0.415 e. The molecular formula is C66H60ClF6N7O8S2. The molecule has 0 spiro atoms. The molecule has 90 heavy (non-hydrogen) atoms. The van der Waals surface area contributed by atoms with Crippen LogP contribution in [0.15, 0.2) is 253 Å². The first-order chi connectivity index (χ1) is 41.9. The number of hydrogen-bond acceptors (Lipinski definition) is 8. The molecule has 0 fully saturated rings. The number of nitrogens with two attached hydrogens (primary N) is 1. The highest BCUT2D eigenvalue weighted by molar-refractivity contribution is 7.89. The van der Waals surface area contributed by atoms with E-state index >= 15 is 0 Å². The highest BCUT2D eigenvalue weighted by Crippen LogP contribution is 2.30. The molecule has 8 aromatic carbocycles. The van der Waals surface area contributed by atoms with E-state index in [9.17, 15) is 57.6 Å². The van der Waals surface area contributed by atoms with Gasteiger partial charge in [0, 0.05) is 57.7 Å². The number of aromatic amines is 1. The van der Waals surface area contributed by atoms with E-state index in [2.05, 4.69) is 23.2 Å². The Hall–Kier alpha value is -9.78. The van der Waals surface area contributed by atoms with E-state index < -0.39 is 56.9 Å². The van der Waals surface area contributed by atoms with Crippen LogP contribution in [0, 0.1) is 0 Å². The van der Waals surface area contributed by atoms with Gasteiger partial charge in [0.25, 0.3) is 0 Å². The second kappa shape index (κ2) is 30.4. The zero-order valence-electron chi connectivity index (χ0n) is 45.9. The van der Waals surface area contributed by atoms with E-state index in [1.165, 1.54) is 59.7 Å². The summed E-state index contributed by atoms with van der Waals surface area (Å²) in [4.78, 5) is 37.1. The summed E-state index contributed by atoms with van der Waals surface area (Å²) in [5.74, 6) is -0.300. The van der Waals surface area contributed by atoms with Gasteiger partial charge in [0.2, 0.25) is 26.0 Å². The van der Waals surface area contributed by atoms with Crippen molar-refractivity contribution >= 4 is 98.3 Å². The van der Waals surface area contributed by atoms with Gasteiger partial charge in [-0.15, -0.1) is 0 Å². The van der Waals surface area contributed by atoms with Crippen molar-refractivity contribution in [2.24, 2.45) is 0 Å². The van der Waals surface area contributed by atoms with Crippen LogP contribution in [0.4, 0.5) is 41.6 Å². The normalized spacial score (nSPS) is 11.3. The summed E-state index contributed by atoms with van der Waals surface area (Å²) in [6.45, 7) is -3.31. The second-order valence-corrected chi connectivity index (χ2v) is 22.9. The molecule has 15 nitrogen and oxygen atoms in total. The van der Waals surface area contributed by atoms with Crippen molar-refractivity contribution in [3.63, 3.8) is 0 Å². The van der Waals surface area contributed by atoms with Crippen LogP contribution in [0.5, 0.6) is 0 Å². The molecule has 0 saturated heterocycles. The van der Waals surface area contributed by atoms with E-state index in [1.54, 1.807) is 90.0 Å². The maximum atomic E-state index is 13.1. The molecule has 12 aromatic rings. The summed E-state index contributed by atoms with van der Waals surface area (Å²) >= 11 is 5.35. The van der Waals surface area contributed by atoms with Crippen LogP contribution >= 0.6 is 11.6 Å². The van der Waals surface area contributed by atoms with Crippen molar-refractivity contribution in [3.05, 3.63) is 249 Å². The maximum absolute atomic E-state index is 13.1. The van der Waals surface area contributed by atoms with Gasteiger partial charge < -0.3 is 15.8 Å². The quantitative estimate of drug-likeness (QED) is 0.0499. The molecule has 6 N–H and O–H groups in total. The Balaban J connectivity index is 0.000000194. The zero-order chi connectivity index (χ0) is 63.2. The monoisotopic (exact) mass is 1290 g/mol. The number of aromatic nitrogens is 4. The molecule has 0 saturated carbocycles. The van der Waals surface area contributed by atoms with Gasteiger partial charge in [-0.1, -0.05) is 160 Å². The number of H-pyrrole nitrogens is 1. The molecule has 0 bridgehead atoms. The van der Waals surface area contributed by atoms with E-state index in [0.717, 1.165) is 44.4 Å². The SMILES string of the molecule is C.C.Nc1cc(S(=O)(=O)NCC(F)(F)F)ccc1-c1ccccc1.O=C(Cc1cc(S(=O)(=O)NCC(F)(F)F)ccc1-c1ccccc1)n1ccc2ccccc21.O=C(Cl)n1ccc2ccccc21.O=C(O)n1ccc2ccccc21.c1ccc2[nH]ccc2c1. The molecule has 4 aromatic heterocycles. The van der Waals surface area contributed by atoms with Crippen LogP contribution in [-0.4, -0.2) is 83.4 Å². The number of rotatable bonds is 10. The highest BCUT2D eigenvalue weighted by Gasteiger charge is 2.31. The van der Waals surface area contributed by atoms with Gasteiger partial charge in [0.1, 0.15) is 13.1 Å². The van der Waals surface area contributed by atoms with E-state index in [-0.39, 0.29) is 42.7 Å². The number of fused-ring (bicyclic) bond motifs is 4. The first kappa shape index (κ1) is 69.3. The number of nitrogen functional groups attached to an aromatic ring is 1. The lowest BCUT2D eigenvalue weighted by atomic mass is 9.97. The first-order valence-electron chi connectivity index (χ1n) is 26.3. The molecule has 12 rings (SSSR count). The Bertz CT molecular complexity index is 4520. The fourth-order valence-electron chi connectivity index (χ4n) is 8.92. The molecule has 0 aliphatic carbocycles. The van der Waals surface area contributed by atoms with Gasteiger partial charge in [-0.25, -0.2) is 31.1 Å². The number of para-hydroxylation sites is 4. The third-order valence-corrected chi connectivity index (χ3v) is 16.1. The number of nitrogens with zero attached hydrogens (tertiary/aromatic N) is 3. The first-order valence-corrected chi connectivity index (χ1v) is 29.6. The summed E-state index contributed by atoms with van der Waals surface area (Å²) in [7, 11) is -8.69. The molecule has 0 unspecified atom stereocenters. The third kappa shape index (κ3) is 18.4. The van der Waals surface area contributed by atoms with E-state index in [1.807, 2.05) is 103 Å². The molecule has 0 amide bonds. The Kier molecular flexibility index (Phi) is 23.4. The summed E-state index contributed by atoms with van der Waals surface area (Å²) in [6, 6.07) is 63.9. The van der Waals surface area contributed by atoms with Crippen molar-refractivity contribution in [2.75, 3.05) is 18.8 Å². The number of alkyl halides is 6. The summed E-state index contributed by atoms with van der Waals surface area (Å²) in [5.41, 5.74) is 12.6. The average molecular weight is 1290 g/mol. The minimum atomic E-state index is -4.69. The number of nitrogens with one attached hydrogen (secondary N) is 3. The van der Waals surface area contributed by atoms with Gasteiger partial charge in [-0.2, -0.15) is 26.3 Å². The largest absolute Gasteiger partial charge is 0.464 e. The predicted molar refractivity (Wildman–Crippen MR) is 343 cm³/mol. The summed E-state index contributed by atoms with van der Waals surface area (Å²) in [6.07, 6.45) is -3.60. The fourth-order valence-corrected chi connectivity index (χ4v) is 11.2. The Morgan fingerprint density at radius 3 is 1.36 bits per heavy atom. The second-order valence-electron chi connectivity index (χ2n) is 19.1. The van der Waals surface area contributed by atoms with Gasteiger partial charge in [0.05, 0.1) is 32.8 Å². The summed E-state index contributed by atoms with van der Waals surface area (Å²) in [5, 5.41) is 12.4. The van der Waals surface area contributed by atoms with Gasteiger partial charge in [0.15, 0.2) is 0 Å². The number of carboxylic acid groups (broad SMARTS) is 1. The van der Waals surface area contributed by atoms with Gasteiger partial charge >= 0.3 is 23.8 Å².